The quantitative estimate of drug-likeness (QED) is 0.597. The first-order valence-corrected chi connectivity index (χ1v) is 7.15. The molecule has 0 aliphatic carbocycles. The topological polar surface area (TPSA) is 35.5 Å². The van der Waals surface area contributed by atoms with Gasteiger partial charge in [-0.05, 0) is 49.9 Å². The number of ether oxygens (including phenoxy) is 2. The second-order valence-corrected chi connectivity index (χ2v) is 4.87. The van der Waals surface area contributed by atoms with Crippen LogP contribution < -0.4 is 4.74 Å². The monoisotopic (exact) mass is 314 g/mol. The van der Waals surface area contributed by atoms with Gasteiger partial charge < -0.3 is 9.47 Å². The summed E-state index contributed by atoms with van der Waals surface area (Å²) in [5.74, 6) is 0.415. The van der Waals surface area contributed by atoms with Gasteiger partial charge in [0.05, 0.1) is 6.61 Å². The maximum absolute atomic E-state index is 11.2. The third kappa shape index (κ3) is 4.33. The van der Waals surface area contributed by atoms with E-state index in [1.54, 1.807) is 6.92 Å². The third-order valence-corrected chi connectivity index (χ3v) is 3.04. The zero-order valence-electron chi connectivity index (χ0n) is 11.1. The zero-order chi connectivity index (χ0) is 13.5. The van der Waals surface area contributed by atoms with Gasteiger partial charge in [0.15, 0.2) is 6.61 Å². The minimum atomic E-state index is -0.334. The average Bonchev–Trinajstić information content (AvgIpc) is 2.32. The number of benzene rings is 1. The molecule has 0 fully saturated rings. The summed E-state index contributed by atoms with van der Waals surface area (Å²) in [4.78, 5) is 11.2. The van der Waals surface area contributed by atoms with E-state index < -0.39 is 0 Å². The van der Waals surface area contributed by atoms with Crippen LogP contribution in [0.5, 0.6) is 5.75 Å². The van der Waals surface area contributed by atoms with Crippen LogP contribution in [0.1, 0.15) is 23.6 Å². The first-order valence-electron chi connectivity index (χ1n) is 6.03. The highest BCUT2D eigenvalue weighted by Gasteiger charge is 2.08. The van der Waals surface area contributed by atoms with Gasteiger partial charge in [0.1, 0.15) is 5.75 Å². The fourth-order valence-corrected chi connectivity index (χ4v) is 2.14. The lowest BCUT2D eigenvalue weighted by atomic mass is 10.0. The largest absolute Gasteiger partial charge is 0.482 e. The van der Waals surface area contributed by atoms with Gasteiger partial charge in [0.2, 0.25) is 0 Å². The first-order chi connectivity index (χ1) is 8.58. The van der Waals surface area contributed by atoms with Crippen LogP contribution in [-0.4, -0.2) is 24.5 Å². The molecule has 18 heavy (non-hydrogen) atoms. The van der Waals surface area contributed by atoms with E-state index >= 15 is 0 Å². The minimum absolute atomic E-state index is 0.0358. The lowest BCUT2D eigenvalue weighted by molar-refractivity contribution is -0.145. The second kappa shape index (κ2) is 7.41. The highest BCUT2D eigenvalue weighted by molar-refractivity contribution is 9.09. The van der Waals surface area contributed by atoms with Crippen molar-refractivity contribution in [1.82, 2.24) is 0 Å². The molecule has 0 saturated heterocycles. The molecular formula is C14H19BrO3. The van der Waals surface area contributed by atoms with E-state index in [9.17, 15) is 4.79 Å². The van der Waals surface area contributed by atoms with Crippen molar-refractivity contribution in [2.24, 2.45) is 0 Å². The van der Waals surface area contributed by atoms with Gasteiger partial charge in [0.25, 0.3) is 0 Å². The number of hydrogen-bond acceptors (Lipinski definition) is 3. The Morgan fingerprint density at radius 2 is 2.00 bits per heavy atom. The van der Waals surface area contributed by atoms with Gasteiger partial charge in [-0.25, -0.2) is 4.79 Å². The maximum Gasteiger partial charge on any atom is 0.344 e. The smallest absolute Gasteiger partial charge is 0.344 e. The summed E-state index contributed by atoms with van der Waals surface area (Å²) in [6.07, 6.45) is 0.991. The van der Waals surface area contributed by atoms with Crippen LogP contribution >= 0.6 is 15.9 Å². The number of aryl methyl sites for hydroxylation is 3. The van der Waals surface area contributed by atoms with E-state index in [-0.39, 0.29) is 12.6 Å². The van der Waals surface area contributed by atoms with Crippen LogP contribution in [0.15, 0.2) is 12.1 Å². The highest BCUT2D eigenvalue weighted by atomic mass is 79.9. The molecule has 4 heteroatoms. The van der Waals surface area contributed by atoms with E-state index in [0.29, 0.717) is 6.61 Å². The molecule has 0 bridgehead atoms. The molecule has 0 unspecified atom stereocenters. The summed E-state index contributed by atoms with van der Waals surface area (Å²) in [6, 6.07) is 4.09. The molecule has 0 spiro atoms. The van der Waals surface area contributed by atoms with Crippen molar-refractivity contribution in [3.05, 3.63) is 28.8 Å². The number of carbonyl (C=O) groups is 1. The van der Waals surface area contributed by atoms with Crippen LogP contribution in [0.2, 0.25) is 0 Å². The summed E-state index contributed by atoms with van der Waals surface area (Å²) in [5, 5.41) is 0.941. The lowest BCUT2D eigenvalue weighted by Gasteiger charge is -2.12. The number of esters is 1. The van der Waals surface area contributed by atoms with Gasteiger partial charge in [-0.15, -0.1) is 0 Å². The van der Waals surface area contributed by atoms with Crippen LogP contribution in [0, 0.1) is 13.8 Å². The van der Waals surface area contributed by atoms with Crippen molar-refractivity contribution in [2.75, 3.05) is 18.5 Å². The molecule has 1 rings (SSSR count). The molecule has 1 aromatic rings. The fraction of sp³-hybridized carbons (Fsp3) is 0.500. The molecule has 100 valence electrons. The number of halogens is 1. The van der Waals surface area contributed by atoms with Crippen LogP contribution in [0.3, 0.4) is 0 Å². The predicted octanol–water partition coefficient (Wildman–Crippen LogP) is 3.18. The first kappa shape index (κ1) is 15.0. The van der Waals surface area contributed by atoms with E-state index in [1.807, 2.05) is 13.0 Å². The Labute approximate surface area is 117 Å². The zero-order valence-corrected chi connectivity index (χ0v) is 12.7. The Bertz CT molecular complexity index is 416. The van der Waals surface area contributed by atoms with Crippen LogP contribution in [0.4, 0.5) is 0 Å². The average molecular weight is 315 g/mol. The molecule has 0 amide bonds. The predicted molar refractivity (Wildman–Crippen MR) is 75.5 cm³/mol. The third-order valence-electron chi connectivity index (χ3n) is 2.65. The molecule has 3 nitrogen and oxygen atoms in total. The van der Waals surface area contributed by atoms with Crippen LogP contribution in [0.25, 0.3) is 0 Å². The summed E-state index contributed by atoms with van der Waals surface area (Å²) >= 11 is 3.44. The minimum Gasteiger partial charge on any atom is -0.482 e. The molecule has 0 atom stereocenters. The Morgan fingerprint density at radius 3 is 2.61 bits per heavy atom. The lowest BCUT2D eigenvalue weighted by Crippen LogP contribution is -2.15. The maximum atomic E-state index is 11.2. The molecule has 0 N–H and O–H groups in total. The van der Waals surface area contributed by atoms with Crippen molar-refractivity contribution >= 4 is 21.9 Å². The van der Waals surface area contributed by atoms with Gasteiger partial charge >= 0.3 is 5.97 Å². The molecular weight excluding hydrogens is 296 g/mol. The van der Waals surface area contributed by atoms with Gasteiger partial charge in [-0.2, -0.15) is 0 Å². The van der Waals surface area contributed by atoms with Crippen molar-refractivity contribution in [3.63, 3.8) is 0 Å². The molecule has 0 aromatic heterocycles. The summed E-state index contributed by atoms with van der Waals surface area (Å²) < 4.78 is 10.3. The Hall–Kier alpha value is -1.03. The summed E-state index contributed by atoms with van der Waals surface area (Å²) in [6.45, 7) is 6.16. The standard InChI is InChI=1S/C14H19BrO3/c1-4-17-14(16)9-18-13-8-10(2)12(5-6-15)7-11(13)3/h7-8H,4-6,9H2,1-3H3. The second-order valence-electron chi connectivity index (χ2n) is 4.08. The van der Waals surface area contributed by atoms with Crippen molar-refractivity contribution < 1.29 is 14.3 Å². The van der Waals surface area contributed by atoms with E-state index in [4.69, 9.17) is 9.47 Å². The molecule has 1 aromatic carbocycles. The van der Waals surface area contributed by atoms with Gasteiger partial charge in [0, 0.05) is 5.33 Å². The number of carbonyl (C=O) groups excluding carboxylic acids is 1. The molecule has 0 heterocycles. The van der Waals surface area contributed by atoms with E-state index in [1.165, 1.54) is 11.1 Å². The van der Waals surface area contributed by atoms with Gasteiger partial charge in [-0.1, -0.05) is 22.0 Å². The van der Waals surface area contributed by atoms with Crippen molar-refractivity contribution in [2.45, 2.75) is 27.2 Å². The number of alkyl halides is 1. The normalized spacial score (nSPS) is 10.2. The Morgan fingerprint density at radius 1 is 1.28 bits per heavy atom. The Balaban J connectivity index is 2.72. The highest BCUT2D eigenvalue weighted by Crippen LogP contribution is 2.23. The molecule has 0 radical (unpaired) electrons. The number of hydrogen-bond donors (Lipinski definition) is 0. The fourth-order valence-electron chi connectivity index (χ4n) is 1.72. The van der Waals surface area contributed by atoms with Crippen molar-refractivity contribution in [1.29, 1.82) is 0 Å². The molecule has 0 aliphatic heterocycles. The summed E-state index contributed by atoms with van der Waals surface area (Å²) in [5.41, 5.74) is 3.52. The van der Waals surface area contributed by atoms with Crippen LogP contribution in [-0.2, 0) is 16.0 Å². The molecule has 0 aliphatic rings. The van der Waals surface area contributed by atoms with Gasteiger partial charge in [-0.3, -0.25) is 0 Å². The van der Waals surface area contributed by atoms with E-state index in [0.717, 1.165) is 23.1 Å². The molecule has 0 saturated carbocycles. The van der Waals surface area contributed by atoms with Crippen molar-refractivity contribution in [3.8, 4) is 5.75 Å². The summed E-state index contributed by atoms with van der Waals surface area (Å²) in [7, 11) is 0. The Kier molecular flexibility index (Phi) is 6.19. The number of rotatable bonds is 6. The SMILES string of the molecule is CCOC(=O)COc1cc(C)c(CCBr)cc1C. The van der Waals surface area contributed by atoms with E-state index in [2.05, 4.69) is 28.9 Å².